The highest BCUT2D eigenvalue weighted by atomic mass is 35.5. The Bertz CT molecular complexity index is 885. The van der Waals surface area contributed by atoms with Gasteiger partial charge in [-0.3, -0.25) is 9.36 Å². The SMILES string of the molecule is O=C(CCCn1c(=O)oc2ccccc21)OCc1nnsc1Cl. The first-order chi connectivity index (χ1) is 11.1. The van der Waals surface area contributed by atoms with Crippen molar-refractivity contribution in [1.29, 1.82) is 0 Å². The number of aryl methyl sites for hydroxylation is 1. The molecule has 0 saturated carbocycles. The second kappa shape index (κ2) is 6.93. The van der Waals surface area contributed by atoms with E-state index >= 15 is 0 Å². The van der Waals surface area contributed by atoms with E-state index in [0.29, 0.717) is 34.1 Å². The average Bonchev–Trinajstić information content (AvgIpc) is 3.09. The maximum absolute atomic E-state index is 11.8. The lowest BCUT2D eigenvalue weighted by Crippen LogP contribution is -2.15. The molecular formula is C14H12ClN3O4S. The molecular weight excluding hydrogens is 342 g/mol. The first-order valence-electron chi connectivity index (χ1n) is 6.86. The van der Waals surface area contributed by atoms with E-state index in [1.165, 1.54) is 4.57 Å². The van der Waals surface area contributed by atoms with Crippen LogP contribution in [0.1, 0.15) is 18.5 Å². The number of benzene rings is 1. The predicted octanol–water partition coefficient (Wildman–Crippen LogP) is 2.62. The van der Waals surface area contributed by atoms with Crippen molar-refractivity contribution < 1.29 is 13.9 Å². The number of hydrogen-bond donors (Lipinski definition) is 0. The Morgan fingerprint density at radius 1 is 1.39 bits per heavy atom. The smallest absolute Gasteiger partial charge is 0.419 e. The van der Waals surface area contributed by atoms with Crippen molar-refractivity contribution in [2.75, 3.05) is 0 Å². The number of halogens is 1. The number of esters is 1. The molecule has 2 aromatic heterocycles. The number of carbonyl (C=O) groups is 1. The number of nitrogens with zero attached hydrogens (tertiary/aromatic N) is 3. The van der Waals surface area contributed by atoms with Crippen molar-refractivity contribution in [2.24, 2.45) is 0 Å². The second-order valence-corrected chi connectivity index (χ2v) is 6.10. The lowest BCUT2D eigenvalue weighted by Gasteiger charge is -2.04. The van der Waals surface area contributed by atoms with Crippen LogP contribution in [0.4, 0.5) is 0 Å². The van der Waals surface area contributed by atoms with Crippen LogP contribution in [0.2, 0.25) is 4.34 Å². The Labute approximate surface area is 139 Å². The van der Waals surface area contributed by atoms with Gasteiger partial charge in [0, 0.05) is 24.5 Å². The Kier molecular flexibility index (Phi) is 4.73. The summed E-state index contributed by atoms with van der Waals surface area (Å²) in [6, 6.07) is 7.15. The number of aromatic nitrogens is 3. The van der Waals surface area contributed by atoms with Crippen molar-refractivity contribution >= 4 is 40.2 Å². The van der Waals surface area contributed by atoms with Crippen molar-refractivity contribution in [1.82, 2.24) is 14.2 Å². The molecule has 3 rings (SSSR count). The van der Waals surface area contributed by atoms with E-state index < -0.39 is 5.76 Å². The Morgan fingerprint density at radius 2 is 2.22 bits per heavy atom. The van der Waals surface area contributed by atoms with Gasteiger partial charge in [0.2, 0.25) is 0 Å². The van der Waals surface area contributed by atoms with E-state index in [-0.39, 0.29) is 19.0 Å². The van der Waals surface area contributed by atoms with Crippen molar-refractivity contribution in [3.8, 4) is 0 Å². The topological polar surface area (TPSA) is 87.2 Å². The molecule has 0 spiro atoms. The molecule has 23 heavy (non-hydrogen) atoms. The normalized spacial score (nSPS) is 11.0. The second-order valence-electron chi connectivity index (χ2n) is 4.74. The number of rotatable bonds is 6. The molecule has 0 aliphatic heterocycles. The fraction of sp³-hybridized carbons (Fsp3) is 0.286. The fourth-order valence-corrected chi connectivity index (χ4v) is 2.71. The number of hydrogen-bond acceptors (Lipinski definition) is 7. The minimum absolute atomic E-state index is 0.00273. The number of oxazole rings is 1. The molecule has 9 heteroatoms. The van der Waals surface area contributed by atoms with E-state index in [2.05, 4.69) is 9.59 Å². The third-order valence-corrected chi connectivity index (χ3v) is 4.20. The summed E-state index contributed by atoms with van der Waals surface area (Å²) in [5, 5.41) is 3.76. The molecule has 2 heterocycles. The summed E-state index contributed by atoms with van der Waals surface area (Å²) in [6.45, 7) is 0.382. The summed E-state index contributed by atoms with van der Waals surface area (Å²) in [5.41, 5.74) is 1.69. The largest absolute Gasteiger partial charge is 0.459 e. The van der Waals surface area contributed by atoms with Gasteiger partial charge in [0.1, 0.15) is 16.6 Å². The molecule has 0 atom stereocenters. The summed E-state index contributed by atoms with van der Waals surface area (Å²) < 4.78 is 15.8. The van der Waals surface area contributed by atoms with Gasteiger partial charge in [-0.05, 0) is 18.6 Å². The molecule has 0 unspecified atom stereocenters. The maximum atomic E-state index is 11.8. The third kappa shape index (κ3) is 3.59. The van der Waals surface area contributed by atoms with Gasteiger partial charge in [-0.1, -0.05) is 28.2 Å². The molecule has 1 aromatic carbocycles. The lowest BCUT2D eigenvalue weighted by molar-refractivity contribution is -0.145. The van der Waals surface area contributed by atoms with Gasteiger partial charge in [0.15, 0.2) is 5.58 Å². The summed E-state index contributed by atoms with van der Waals surface area (Å²) in [4.78, 5) is 23.5. The van der Waals surface area contributed by atoms with Crippen LogP contribution in [-0.2, 0) is 22.7 Å². The molecule has 0 radical (unpaired) electrons. The minimum Gasteiger partial charge on any atom is -0.459 e. The van der Waals surface area contributed by atoms with Crippen LogP contribution >= 0.6 is 23.1 Å². The number of carbonyl (C=O) groups excluding carboxylic acids is 1. The Balaban J connectivity index is 1.52. The highest BCUT2D eigenvalue weighted by Gasteiger charge is 2.11. The monoisotopic (exact) mass is 353 g/mol. The van der Waals surface area contributed by atoms with Gasteiger partial charge >= 0.3 is 11.7 Å². The first-order valence-corrected chi connectivity index (χ1v) is 8.01. The van der Waals surface area contributed by atoms with Crippen molar-refractivity contribution in [3.05, 3.63) is 44.8 Å². The number of para-hydroxylation sites is 2. The van der Waals surface area contributed by atoms with Gasteiger partial charge < -0.3 is 9.15 Å². The molecule has 120 valence electrons. The fourth-order valence-electron chi connectivity index (χ4n) is 2.11. The number of ether oxygens (including phenoxy) is 1. The van der Waals surface area contributed by atoms with Crippen LogP contribution in [0.25, 0.3) is 11.1 Å². The van der Waals surface area contributed by atoms with Crippen molar-refractivity contribution in [2.45, 2.75) is 26.0 Å². The van der Waals surface area contributed by atoms with Crippen LogP contribution in [0.3, 0.4) is 0 Å². The van der Waals surface area contributed by atoms with Gasteiger partial charge in [-0.15, -0.1) is 5.10 Å². The third-order valence-electron chi connectivity index (χ3n) is 3.22. The highest BCUT2D eigenvalue weighted by molar-refractivity contribution is 7.10. The summed E-state index contributed by atoms with van der Waals surface area (Å²) in [7, 11) is 0. The standard InChI is InChI=1S/C14H12ClN3O4S/c15-13-9(16-17-23-13)8-21-12(19)6-3-7-18-10-4-1-2-5-11(10)22-14(18)20/h1-2,4-5H,3,6-8H2. The predicted molar refractivity (Wildman–Crippen MR) is 84.4 cm³/mol. The zero-order valence-electron chi connectivity index (χ0n) is 11.9. The van der Waals surface area contributed by atoms with Gasteiger partial charge in [0.05, 0.1) is 5.52 Å². The summed E-state index contributed by atoms with van der Waals surface area (Å²) in [5.74, 6) is -0.810. The Hall–Kier alpha value is -2.19. The Morgan fingerprint density at radius 3 is 3.00 bits per heavy atom. The molecule has 7 nitrogen and oxygen atoms in total. The average molecular weight is 354 g/mol. The van der Waals surface area contributed by atoms with Crippen LogP contribution in [0, 0.1) is 0 Å². The van der Waals surface area contributed by atoms with Gasteiger partial charge in [-0.2, -0.15) is 0 Å². The minimum atomic E-state index is -0.431. The van der Waals surface area contributed by atoms with E-state index in [1.807, 2.05) is 6.07 Å². The maximum Gasteiger partial charge on any atom is 0.419 e. The van der Waals surface area contributed by atoms with E-state index in [1.54, 1.807) is 18.2 Å². The van der Waals surface area contributed by atoms with Gasteiger partial charge in [0.25, 0.3) is 0 Å². The molecule has 0 N–H and O–H groups in total. The molecule has 0 aliphatic rings. The zero-order chi connectivity index (χ0) is 16.2. The summed E-state index contributed by atoms with van der Waals surface area (Å²) in [6.07, 6.45) is 0.645. The lowest BCUT2D eigenvalue weighted by atomic mass is 10.3. The molecule has 0 aliphatic carbocycles. The first kappa shape index (κ1) is 15.7. The molecule has 0 amide bonds. The van der Waals surface area contributed by atoms with Crippen molar-refractivity contribution in [3.63, 3.8) is 0 Å². The number of fused-ring (bicyclic) bond motifs is 1. The van der Waals surface area contributed by atoms with E-state index in [0.717, 1.165) is 11.5 Å². The van der Waals surface area contributed by atoms with Gasteiger partial charge in [-0.25, -0.2) is 4.79 Å². The molecule has 0 fully saturated rings. The molecule has 0 bridgehead atoms. The van der Waals surface area contributed by atoms with Crippen LogP contribution < -0.4 is 5.76 Å². The molecule has 0 saturated heterocycles. The van der Waals surface area contributed by atoms with Crippen LogP contribution in [-0.4, -0.2) is 20.1 Å². The van der Waals surface area contributed by atoms with Crippen LogP contribution in [0.15, 0.2) is 33.5 Å². The van der Waals surface area contributed by atoms with Crippen LogP contribution in [0.5, 0.6) is 0 Å². The highest BCUT2D eigenvalue weighted by Crippen LogP contribution is 2.18. The van der Waals surface area contributed by atoms with E-state index in [4.69, 9.17) is 20.8 Å². The zero-order valence-corrected chi connectivity index (χ0v) is 13.5. The van der Waals surface area contributed by atoms with E-state index in [9.17, 15) is 9.59 Å². The molecule has 3 aromatic rings. The quantitative estimate of drug-likeness (QED) is 0.633. The summed E-state index contributed by atoms with van der Waals surface area (Å²) >= 11 is 6.86.